The highest BCUT2D eigenvalue weighted by molar-refractivity contribution is 8.01. The van der Waals surface area contributed by atoms with Crippen LogP contribution in [0.3, 0.4) is 0 Å². The highest BCUT2D eigenvalue weighted by Gasteiger charge is 2.58. The normalized spacial score (nSPS) is 40.2. The Hall–Kier alpha value is -1.03. The van der Waals surface area contributed by atoms with Crippen LogP contribution < -0.4 is 0 Å². The maximum Gasteiger partial charge on any atom is 0.307 e. The van der Waals surface area contributed by atoms with Crippen molar-refractivity contribution in [3.8, 4) is 0 Å². The summed E-state index contributed by atoms with van der Waals surface area (Å²) in [5.74, 6) is 1.07. The molecule has 0 radical (unpaired) electrons. The van der Waals surface area contributed by atoms with Gasteiger partial charge in [-0.1, -0.05) is 37.8 Å². The van der Waals surface area contributed by atoms with Crippen LogP contribution in [-0.2, 0) is 4.79 Å². The topological polar surface area (TPSA) is 49.7 Å². The van der Waals surface area contributed by atoms with Crippen molar-refractivity contribution < 1.29 is 9.90 Å². The van der Waals surface area contributed by atoms with Crippen molar-refractivity contribution in [3.05, 3.63) is 23.9 Å². The minimum atomic E-state index is -0.609. The van der Waals surface area contributed by atoms with Crippen LogP contribution in [0.5, 0.6) is 0 Å². The standard InChI is InChI=1S/C19H25NO2S/c21-18(22)15-12-23-19-10-6-5-9-16(19)20-11-14(17(15)19)13-7-3-1-2-4-8-13/h5-6,9,11,13-15,17H,1-4,7-8,10,12H2,(H,21,22). The van der Waals surface area contributed by atoms with E-state index in [1.807, 2.05) is 11.8 Å². The van der Waals surface area contributed by atoms with Crippen molar-refractivity contribution in [1.29, 1.82) is 0 Å². The zero-order chi connectivity index (χ0) is 15.9. The van der Waals surface area contributed by atoms with Gasteiger partial charge < -0.3 is 5.11 Å². The molecule has 0 aromatic heterocycles. The van der Waals surface area contributed by atoms with Gasteiger partial charge in [-0.05, 0) is 31.3 Å². The predicted molar refractivity (Wildman–Crippen MR) is 94.8 cm³/mol. The molecule has 4 heteroatoms. The molecule has 0 bridgehead atoms. The van der Waals surface area contributed by atoms with Gasteiger partial charge in [-0.3, -0.25) is 9.79 Å². The molecular formula is C19H25NO2S. The molecule has 4 atom stereocenters. The van der Waals surface area contributed by atoms with Gasteiger partial charge in [-0.25, -0.2) is 0 Å². The number of thioether (sulfide) groups is 1. The smallest absolute Gasteiger partial charge is 0.307 e. The van der Waals surface area contributed by atoms with E-state index in [1.165, 1.54) is 38.5 Å². The van der Waals surface area contributed by atoms with Crippen LogP contribution in [-0.4, -0.2) is 27.8 Å². The molecule has 2 fully saturated rings. The van der Waals surface area contributed by atoms with E-state index in [2.05, 4.69) is 24.4 Å². The molecule has 0 aromatic carbocycles. The summed E-state index contributed by atoms with van der Waals surface area (Å²) >= 11 is 1.85. The second-order valence-corrected chi connectivity index (χ2v) is 8.81. The fraction of sp³-hybridized carbons (Fsp3) is 0.684. The van der Waals surface area contributed by atoms with E-state index in [-0.39, 0.29) is 16.6 Å². The van der Waals surface area contributed by atoms with Crippen LogP contribution in [0.4, 0.5) is 0 Å². The lowest BCUT2D eigenvalue weighted by atomic mass is 9.64. The maximum absolute atomic E-state index is 11.9. The summed E-state index contributed by atoms with van der Waals surface area (Å²) < 4.78 is -0.0798. The summed E-state index contributed by atoms with van der Waals surface area (Å²) in [6.45, 7) is 0. The third-order valence-electron chi connectivity index (χ3n) is 6.30. The quantitative estimate of drug-likeness (QED) is 0.767. The van der Waals surface area contributed by atoms with Crippen molar-refractivity contribution in [2.45, 2.75) is 49.7 Å². The maximum atomic E-state index is 11.9. The number of aliphatic imine (C=N–C) groups is 1. The van der Waals surface area contributed by atoms with E-state index >= 15 is 0 Å². The van der Waals surface area contributed by atoms with Gasteiger partial charge in [0.1, 0.15) is 0 Å². The van der Waals surface area contributed by atoms with Gasteiger partial charge in [-0.15, -0.1) is 11.8 Å². The van der Waals surface area contributed by atoms with E-state index in [9.17, 15) is 9.90 Å². The van der Waals surface area contributed by atoms with Crippen molar-refractivity contribution in [2.24, 2.45) is 28.7 Å². The van der Waals surface area contributed by atoms with Gasteiger partial charge in [0.2, 0.25) is 0 Å². The first-order valence-corrected chi connectivity index (χ1v) is 9.99. The molecule has 2 aliphatic carbocycles. The van der Waals surface area contributed by atoms with Crippen LogP contribution in [0.15, 0.2) is 28.9 Å². The minimum Gasteiger partial charge on any atom is -0.481 e. The molecule has 2 heterocycles. The van der Waals surface area contributed by atoms with Gasteiger partial charge in [0, 0.05) is 23.8 Å². The van der Waals surface area contributed by atoms with E-state index in [0.29, 0.717) is 11.8 Å². The zero-order valence-corrected chi connectivity index (χ0v) is 14.3. The fourth-order valence-corrected chi connectivity index (χ4v) is 7.00. The summed E-state index contributed by atoms with van der Waals surface area (Å²) in [6.07, 6.45) is 17.2. The summed E-state index contributed by atoms with van der Waals surface area (Å²) in [6, 6.07) is 0. The average molecular weight is 331 g/mol. The van der Waals surface area contributed by atoms with Crippen molar-refractivity contribution in [1.82, 2.24) is 0 Å². The lowest BCUT2D eigenvalue weighted by Crippen LogP contribution is -2.47. The van der Waals surface area contributed by atoms with Gasteiger partial charge in [-0.2, -0.15) is 0 Å². The predicted octanol–water partition coefficient (Wildman–Crippen LogP) is 4.30. The molecule has 4 aliphatic rings. The highest BCUT2D eigenvalue weighted by Crippen LogP contribution is 2.60. The molecular weight excluding hydrogens is 306 g/mol. The SMILES string of the molecule is O=C(O)C1CSC23CC=CC=C2N=CC(C2CCCCCC2)C13. The number of carboxylic acid groups (broad SMARTS) is 1. The Morgan fingerprint density at radius 3 is 2.78 bits per heavy atom. The number of hydrogen-bond acceptors (Lipinski definition) is 3. The van der Waals surface area contributed by atoms with E-state index in [0.717, 1.165) is 17.9 Å². The van der Waals surface area contributed by atoms with E-state index < -0.39 is 5.97 Å². The molecule has 2 aliphatic heterocycles. The molecule has 4 rings (SSSR count). The Bertz CT molecular complexity index is 574. The number of hydrogen-bond donors (Lipinski definition) is 1. The largest absolute Gasteiger partial charge is 0.481 e. The second-order valence-electron chi connectivity index (χ2n) is 7.46. The first kappa shape index (κ1) is 15.5. The Kier molecular flexibility index (Phi) is 4.12. The molecule has 1 saturated heterocycles. The van der Waals surface area contributed by atoms with Gasteiger partial charge >= 0.3 is 5.97 Å². The molecule has 4 unspecified atom stereocenters. The lowest BCUT2D eigenvalue weighted by Gasteiger charge is -2.45. The number of allylic oxidation sites excluding steroid dienone is 3. The number of rotatable bonds is 2. The van der Waals surface area contributed by atoms with Gasteiger partial charge in [0.05, 0.1) is 16.4 Å². The monoisotopic (exact) mass is 331 g/mol. The molecule has 3 nitrogen and oxygen atoms in total. The number of aliphatic carboxylic acids is 1. The van der Waals surface area contributed by atoms with Crippen LogP contribution in [0, 0.1) is 23.7 Å². The highest BCUT2D eigenvalue weighted by atomic mass is 32.2. The molecule has 124 valence electrons. The van der Waals surface area contributed by atoms with E-state index in [4.69, 9.17) is 4.99 Å². The van der Waals surface area contributed by atoms with Crippen molar-refractivity contribution in [3.63, 3.8) is 0 Å². The zero-order valence-electron chi connectivity index (χ0n) is 13.5. The molecule has 23 heavy (non-hydrogen) atoms. The molecule has 0 amide bonds. The van der Waals surface area contributed by atoms with Crippen molar-refractivity contribution in [2.75, 3.05) is 5.75 Å². The fourth-order valence-electron chi connectivity index (χ4n) is 5.18. The summed E-state index contributed by atoms with van der Waals surface area (Å²) in [5.41, 5.74) is 1.11. The van der Waals surface area contributed by atoms with Crippen LogP contribution in [0.1, 0.15) is 44.9 Å². The van der Waals surface area contributed by atoms with Gasteiger partial charge in [0.15, 0.2) is 0 Å². The first-order valence-electron chi connectivity index (χ1n) is 9.00. The van der Waals surface area contributed by atoms with Crippen LogP contribution in [0.2, 0.25) is 0 Å². The van der Waals surface area contributed by atoms with Crippen LogP contribution in [0.25, 0.3) is 0 Å². The summed E-state index contributed by atoms with van der Waals surface area (Å²) in [7, 11) is 0. The Labute approximate surface area is 142 Å². The first-order chi connectivity index (χ1) is 11.2. The molecule has 1 N–H and O–H groups in total. The summed E-state index contributed by atoms with van der Waals surface area (Å²) in [4.78, 5) is 16.8. The summed E-state index contributed by atoms with van der Waals surface area (Å²) in [5, 5.41) is 9.82. The molecule has 1 spiro atoms. The number of carbonyl (C=O) groups is 1. The average Bonchev–Trinajstić information content (AvgIpc) is 2.75. The Balaban J connectivity index is 1.73. The Morgan fingerprint density at radius 1 is 1.26 bits per heavy atom. The number of carboxylic acids is 1. The van der Waals surface area contributed by atoms with Crippen molar-refractivity contribution >= 4 is 23.9 Å². The minimum absolute atomic E-state index is 0.0798. The van der Waals surface area contributed by atoms with Gasteiger partial charge in [0.25, 0.3) is 0 Å². The second kappa shape index (κ2) is 6.12. The van der Waals surface area contributed by atoms with Crippen LogP contribution >= 0.6 is 11.8 Å². The molecule has 0 aromatic rings. The molecule has 1 saturated carbocycles. The third kappa shape index (κ3) is 2.50. The third-order valence-corrected chi connectivity index (χ3v) is 7.99. The number of nitrogens with zero attached hydrogens (tertiary/aromatic N) is 1. The lowest BCUT2D eigenvalue weighted by molar-refractivity contribution is -0.143. The Morgan fingerprint density at radius 2 is 2.04 bits per heavy atom. The van der Waals surface area contributed by atoms with E-state index in [1.54, 1.807) is 0 Å².